The molecule has 0 aromatic heterocycles. The molecule has 0 bridgehead atoms. The summed E-state index contributed by atoms with van der Waals surface area (Å²) in [5.41, 5.74) is 0.682. The number of nitro groups is 1. The van der Waals surface area contributed by atoms with Gasteiger partial charge in [0.25, 0.3) is 17.5 Å². The summed E-state index contributed by atoms with van der Waals surface area (Å²) in [6.07, 6.45) is 0.874. The second-order valence-corrected chi connectivity index (χ2v) is 5.57. The zero-order valence-corrected chi connectivity index (χ0v) is 13.6. The third-order valence-electron chi connectivity index (χ3n) is 4.06. The molecule has 0 fully saturated rings. The number of benzene rings is 2. The van der Waals surface area contributed by atoms with Crippen LogP contribution in [-0.2, 0) is 6.42 Å². The molecule has 0 radical (unpaired) electrons. The van der Waals surface area contributed by atoms with Crippen LogP contribution in [0.25, 0.3) is 0 Å². The van der Waals surface area contributed by atoms with E-state index < -0.39 is 16.7 Å². The van der Waals surface area contributed by atoms with Gasteiger partial charge in [-0.05, 0) is 30.2 Å². The molecular weight excluding hydrogens is 324 g/mol. The predicted octanol–water partition coefficient (Wildman–Crippen LogP) is 2.83. The van der Waals surface area contributed by atoms with Gasteiger partial charge < -0.3 is 4.74 Å². The minimum atomic E-state index is -0.654. The number of carbonyl (C=O) groups excluding carboxylic acids is 2. The van der Waals surface area contributed by atoms with Crippen molar-refractivity contribution in [3.05, 3.63) is 69.3 Å². The normalized spacial score (nSPS) is 13.1. The van der Waals surface area contributed by atoms with E-state index in [1.165, 1.54) is 18.2 Å². The maximum Gasteiger partial charge on any atom is 0.282 e. The lowest BCUT2D eigenvalue weighted by Crippen LogP contribution is -2.33. The molecule has 0 saturated heterocycles. The van der Waals surface area contributed by atoms with E-state index >= 15 is 0 Å². The van der Waals surface area contributed by atoms with Crippen molar-refractivity contribution in [3.63, 3.8) is 0 Å². The van der Waals surface area contributed by atoms with Gasteiger partial charge in [-0.3, -0.25) is 24.6 Å². The standard InChI is InChI=1S/C18H16N2O5/c1-2-12-5-3-6-13(11-12)25-10-9-19-17(21)14-7-4-8-15(20(23)24)16(14)18(19)22/h3-8,11H,2,9-10H2,1H3. The van der Waals surface area contributed by atoms with E-state index in [-0.39, 0.29) is 30.0 Å². The first-order chi connectivity index (χ1) is 12.0. The van der Waals surface area contributed by atoms with E-state index in [4.69, 9.17) is 4.74 Å². The van der Waals surface area contributed by atoms with Gasteiger partial charge in [0.1, 0.15) is 17.9 Å². The monoisotopic (exact) mass is 340 g/mol. The molecule has 25 heavy (non-hydrogen) atoms. The van der Waals surface area contributed by atoms with Gasteiger partial charge in [-0.1, -0.05) is 25.1 Å². The lowest BCUT2D eigenvalue weighted by Gasteiger charge is -2.14. The number of hydrogen-bond donors (Lipinski definition) is 0. The van der Waals surface area contributed by atoms with E-state index in [9.17, 15) is 19.7 Å². The van der Waals surface area contributed by atoms with E-state index in [2.05, 4.69) is 0 Å². The largest absolute Gasteiger partial charge is 0.492 e. The number of carbonyl (C=O) groups is 2. The van der Waals surface area contributed by atoms with Gasteiger partial charge in [-0.25, -0.2) is 0 Å². The first-order valence-corrected chi connectivity index (χ1v) is 7.88. The van der Waals surface area contributed by atoms with Crippen LogP contribution in [-0.4, -0.2) is 34.8 Å². The molecule has 3 rings (SSSR count). The third kappa shape index (κ3) is 3.08. The highest BCUT2D eigenvalue weighted by Crippen LogP contribution is 2.30. The molecule has 0 spiro atoms. The Bertz CT molecular complexity index is 862. The van der Waals surface area contributed by atoms with E-state index in [1.807, 2.05) is 25.1 Å². The van der Waals surface area contributed by atoms with Crippen molar-refractivity contribution in [1.29, 1.82) is 0 Å². The van der Waals surface area contributed by atoms with E-state index in [1.54, 1.807) is 6.07 Å². The summed E-state index contributed by atoms with van der Waals surface area (Å²) in [5, 5.41) is 11.1. The van der Waals surface area contributed by atoms with Gasteiger partial charge in [0, 0.05) is 6.07 Å². The average molecular weight is 340 g/mol. The van der Waals surface area contributed by atoms with Crippen molar-refractivity contribution in [2.45, 2.75) is 13.3 Å². The molecular formula is C18H16N2O5. The van der Waals surface area contributed by atoms with Crippen LogP contribution in [0.15, 0.2) is 42.5 Å². The van der Waals surface area contributed by atoms with Gasteiger partial charge >= 0.3 is 0 Å². The topological polar surface area (TPSA) is 89.8 Å². The fourth-order valence-corrected chi connectivity index (χ4v) is 2.78. The maximum atomic E-state index is 12.4. The SMILES string of the molecule is CCc1cccc(OCCN2C(=O)c3cccc([N+](=O)[O-])c3C2=O)c1. The summed E-state index contributed by atoms with van der Waals surface area (Å²) in [6.45, 7) is 2.18. The second-order valence-electron chi connectivity index (χ2n) is 5.57. The molecule has 0 N–H and O–H groups in total. The van der Waals surface area contributed by atoms with Crippen molar-refractivity contribution < 1.29 is 19.2 Å². The molecule has 1 aliphatic rings. The molecule has 2 amide bonds. The smallest absolute Gasteiger partial charge is 0.282 e. The van der Waals surface area contributed by atoms with Gasteiger partial charge in [0.2, 0.25) is 0 Å². The molecule has 0 atom stereocenters. The lowest BCUT2D eigenvalue weighted by atomic mass is 10.1. The molecule has 2 aromatic carbocycles. The fraction of sp³-hybridized carbons (Fsp3) is 0.222. The van der Waals surface area contributed by atoms with Crippen molar-refractivity contribution in [2.24, 2.45) is 0 Å². The van der Waals surface area contributed by atoms with Crippen molar-refractivity contribution in [1.82, 2.24) is 4.90 Å². The number of rotatable bonds is 6. The van der Waals surface area contributed by atoms with Crippen LogP contribution >= 0.6 is 0 Å². The van der Waals surface area contributed by atoms with Crippen LogP contribution in [0.5, 0.6) is 5.75 Å². The number of nitro benzene ring substituents is 1. The summed E-state index contributed by atoms with van der Waals surface area (Å²) >= 11 is 0. The van der Waals surface area contributed by atoms with Gasteiger partial charge in [-0.2, -0.15) is 0 Å². The minimum absolute atomic E-state index is 0.0276. The molecule has 2 aromatic rings. The number of hydrogen-bond acceptors (Lipinski definition) is 5. The van der Waals surface area contributed by atoms with Crippen LogP contribution in [0.1, 0.15) is 33.2 Å². The van der Waals surface area contributed by atoms with Crippen molar-refractivity contribution >= 4 is 17.5 Å². The van der Waals surface area contributed by atoms with Crippen molar-refractivity contribution in [3.8, 4) is 5.75 Å². The number of ether oxygens (including phenoxy) is 1. The van der Waals surface area contributed by atoms with Crippen LogP contribution < -0.4 is 4.74 Å². The maximum absolute atomic E-state index is 12.4. The molecule has 1 heterocycles. The number of aryl methyl sites for hydroxylation is 1. The Labute approximate surface area is 144 Å². The Morgan fingerprint density at radius 2 is 1.88 bits per heavy atom. The fourth-order valence-electron chi connectivity index (χ4n) is 2.78. The second kappa shape index (κ2) is 6.72. The van der Waals surface area contributed by atoms with Gasteiger partial charge in [-0.15, -0.1) is 0 Å². The highest BCUT2D eigenvalue weighted by atomic mass is 16.6. The van der Waals surface area contributed by atoms with Crippen LogP contribution in [0.2, 0.25) is 0 Å². The highest BCUT2D eigenvalue weighted by molar-refractivity contribution is 6.23. The van der Waals surface area contributed by atoms with E-state index in [0.29, 0.717) is 5.75 Å². The molecule has 0 aliphatic carbocycles. The number of imide groups is 1. The predicted molar refractivity (Wildman–Crippen MR) is 89.8 cm³/mol. The Morgan fingerprint density at radius 1 is 1.12 bits per heavy atom. The summed E-state index contributed by atoms with van der Waals surface area (Å²) < 4.78 is 5.60. The Morgan fingerprint density at radius 3 is 2.60 bits per heavy atom. The van der Waals surface area contributed by atoms with Gasteiger partial charge in [0.05, 0.1) is 17.0 Å². The molecule has 7 heteroatoms. The first kappa shape index (κ1) is 16.6. The Kier molecular flexibility index (Phi) is 4.47. The zero-order valence-electron chi connectivity index (χ0n) is 13.6. The summed E-state index contributed by atoms with van der Waals surface area (Å²) in [6, 6.07) is 11.6. The number of amides is 2. The first-order valence-electron chi connectivity index (χ1n) is 7.88. The molecule has 0 unspecified atom stereocenters. The summed E-state index contributed by atoms with van der Waals surface area (Å²) in [4.78, 5) is 36.2. The third-order valence-corrected chi connectivity index (χ3v) is 4.06. The molecule has 0 saturated carbocycles. The molecule has 128 valence electrons. The minimum Gasteiger partial charge on any atom is -0.492 e. The highest BCUT2D eigenvalue weighted by Gasteiger charge is 2.40. The van der Waals surface area contributed by atoms with Crippen molar-refractivity contribution in [2.75, 3.05) is 13.2 Å². The van der Waals surface area contributed by atoms with E-state index in [0.717, 1.165) is 16.9 Å². The summed E-state index contributed by atoms with van der Waals surface area (Å²) in [7, 11) is 0. The van der Waals surface area contributed by atoms with Gasteiger partial charge in [0.15, 0.2) is 0 Å². The van der Waals surface area contributed by atoms with Crippen LogP contribution in [0.3, 0.4) is 0 Å². The van der Waals surface area contributed by atoms with Crippen LogP contribution in [0.4, 0.5) is 5.69 Å². The number of nitrogens with zero attached hydrogens (tertiary/aromatic N) is 2. The number of fused-ring (bicyclic) bond motifs is 1. The quantitative estimate of drug-likeness (QED) is 0.458. The Balaban J connectivity index is 1.72. The zero-order chi connectivity index (χ0) is 18.0. The van der Waals surface area contributed by atoms with Crippen LogP contribution in [0, 0.1) is 10.1 Å². The summed E-state index contributed by atoms with van der Waals surface area (Å²) in [5.74, 6) is -0.533. The average Bonchev–Trinajstić information content (AvgIpc) is 2.86. The Hall–Kier alpha value is -3.22. The molecule has 1 aliphatic heterocycles. The lowest BCUT2D eigenvalue weighted by molar-refractivity contribution is -0.385. The molecule has 7 nitrogen and oxygen atoms in total.